The van der Waals surface area contributed by atoms with Crippen LogP contribution in [-0.2, 0) is 19.1 Å². The molecule has 0 saturated carbocycles. The van der Waals surface area contributed by atoms with Crippen molar-refractivity contribution in [1.29, 1.82) is 0 Å². The molecule has 0 saturated heterocycles. The third kappa shape index (κ3) is 9.18. The molecule has 16 heteroatoms. The first-order valence-electron chi connectivity index (χ1n) is 6.10. The summed E-state index contributed by atoms with van der Waals surface area (Å²) in [6.07, 6.45) is -3.07. The lowest BCUT2D eigenvalue weighted by molar-refractivity contribution is -0.174. The van der Waals surface area contributed by atoms with Gasteiger partial charge in [-0.05, 0) is 45.2 Å². The van der Waals surface area contributed by atoms with Gasteiger partial charge in [0, 0.05) is 32.7 Å². The summed E-state index contributed by atoms with van der Waals surface area (Å²) < 4.78 is 9.14. The molecule has 0 aliphatic carbocycles. The number of carbonyl (C=O) groups excluding carboxylic acids is 2. The molecular weight excluding hydrogens is 328 g/mol. The molecule has 0 spiro atoms. The van der Waals surface area contributed by atoms with Gasteiger partial charge in [-0.3, -0.25) is 0 Å². The van der Waals surface area contributed by atoms with Gasteiger partial charge >= 0.3 is 11.9 Å². The minimum Gasteiger partial charge on any atom is -0.448 e. The van der Waals surface area contributed by atoms with Gasteiger partial charge in [-0.15, -0.1) is 0 Å². The zero-order valence-electron chi connectivity index (χ0n) is 12.0. The highest BCUT2D eigenvalue weighted by atomic mass is 16.6. The number of carbonyl (C=O) groups is 2. The summed E-state index contributed by atoms with van der Waals surface area (Å²) in [4.78, 5) is 32.8. The number of hydrogen-bond donors (Lipinski definition) is 0. The second-order valence-corrected chi connectivity index (χ2v) is 3.62. The molecule has 0 amide bonds. The van der Waals surface area contributed by atoms with E-state index in [9.17, 15) is 9.59 Å². The lowest BCUT2D eigenvalue weighted by atomic mass is 10.4. The van der Waals surface area contributed by atoms with Crippen LogP contribution in [0.4, 0.5) is 0 Å². The van der Waals surface area contributed by atoms with Gasteiger partial charge in [0.05, 0.1) is 0 Å². The quantitative estimate of drug-likeness (QED) is 0.191. The Bertz CT molecular complexity index is 581. The first kappa shape index (κ1) is 20.2. The van der Waals surface area contributed by atoms with E-state index in [1.807, 2.05) is 0 Å². The summed E-state index contributed by atoms with van der Waals surface area (Å²) in [5, 5.41) is 12.5. The summed E-state index contributed by atoms with van der Waals surface area (Å²) in [7, 11) is 0. The van der Waals surface area contributed by atoms with Crippen molar-refractivity contribution >= 4 is 11.9 Å². The van der Waals surface area contributed by atoms with Crippen LogP contribution in [0.5, 0.6) is 0 Å². The molecule has 2 atom stereocenters. The molecule has 0 N–H and O–H groups in total. The number of rotatable bonds is 10. The van der Waals surface area contributed by atoms with Crippen LogP contribution in [0.25, 0.3) is 41.8 Å². The highest BCUT2D eigenvalue weighted by Crippen LogP contribution is 2.07. The van der Waals surface area contributed by atoms with Crippen molar-refractivity contribution in [2.24, 2.45) is 20.5 Å². The minimum absolute atomic E-state index is 0.143. The van der Waals surface area contributed by atoms with E-state index in [-0.39, 0.29) is 25.9 Å². The van der Waals surface area contributed by atoms with Gasteiger partial charge in [-0.25, -0.2) is 9.59 Å². The summed E-state index contributed by atoms with van der Waals surface area (Å²) in [6, 6.07) is 0. The van der Waals surface area contributed by atoms with Crippen LogP contribution in [0, 0.1) is 0 Å². The van der Waals surface area contributed by atoms with Crippen LogP contribution in [0.1, 0.15) is 12.8 Å². The predicted molar refractivity (Wildman–Crippen MR) is 75.3 cm³/mol. The zero-order chi connectivity index (χ0) is 18.2. The van der Waals surface area contributed by atoms with E-state index in [2.05, 4.69) is 49.6 Å². The van der Waals surface area contributed by atoms with Crippen LogP contribution >= 0.6 is 0 Å². The Balaban J connectivity index is 4.70. The molecule has 0 aliphatic rings. The first-order chi connectivity index (χ1) is 11.6. The van der Waals surface area contributed by atoms with Gasteiger partial charge in [-0.2, -0.15) is 0 Å². The Morgan fingerprint density at radius 2 is 1.12 bits per heavy atom. The summed E-state index contributed by atoms with van der Waals surface area (Å²) in [5.74, 6) is -3.01. The predicted octanol–water partition coefficient (Wildman–Crippen LogP) is 2.75. The van der Waals surface area contributed by atoms with Gasteiger partial charge in [0.1, 0.15) is 0 Å². The number of azide groups is 4. The highest BCUT2D eigenvalue weighted by molar-refractivity contribution is 6.29. The molecule has 0 aromatic heterocycles. The molecule has 2 unspecified atom stereocenters. The van der Waals surface area contributed by atoms with Gasteiger partial charge in [0.2, 0.25) is 0 Å². The maximum Gasteiger partial charge on any atom is 0.417 e. The molecule has 0 aromatic rings. The van der Waals surface area contributed by atoms with Crippen molar-refractivity contribution in [3.8, 4) is 0 Å². The van der Waals surface area contributed by atoms with Gasteiger partial charge in [-0.1, -0.05) is 10.2 Å². The van der Waals surface area contributed by atoms with E-state index < -0.39 is 24.4 Å². The summed E-state index contributed by atoms with van der Waals surface area (Å²) in [6.45, 7) is -0.286. The van der Waals surface area contributed by atoms with E-state index in [1.165, 1.54) is 0 Å². The second-order valence-electron chi connectivity index (χ2n) is 3.62. The normalized spacial score (nSPS) is 11.2. The van der Waals surface area contributed by atoms with Crippen LogP contribution in [-0.4, -0.2) is 37.5 Å². The average Bonchev–Trinajstić information content (AvgIpc) is 2.55. The van der Waals surface area contributed by atoms with Gasteiger partial charge in [0.25, 0.3) is 0 Å². The van der Waals surface area contributed by atoms with Crippen molar-refractivity contribution in [2.45, 2.75) is 25.3 Å². The van der Waals surface area contributed by atoms with E-state index >= 15 is 0 Å². The molecular formula is C8H10N12O4. The topological polar surface area (TPSA) is 248 Å². The maximum atomic E-state index is 11.5. The lowest BCUT2D eigenvalue weighted by Crippen LogP contribution is -2.28. The molecule has 0 bridgehead atoms. The third-order valence-electron chi connectivity index (χ3n) is 2.09. The van der Waals surface area contributed by atoms with E-state index in [0.717, 1.165) is 0 Å². The molecule has 0 fully saturated rings. The smallest absolute Gasteiger partial charge is 0.417 e. The van der Waals surface area contributed by atoms with Crippen LogP contribution in [0.15, 0.2) is 20.5 Å². The van der Waals surface area contributed by atoms with Gasteiger partial charge in [0.15, 0.2) is 12.5 Å². The second kappa shape index (κ2) is 12.9. The Kier molecular flexibility index (Phi) is 10.8. The third-order valence-corrected chi connectivity index (χ3v) is 2.09. The SMILES string of the molecule is [N-]=[N+]=NCCC(N=[N+]=[N-])OC(=O)C(=O)OC(CCN=[N+]=[N-])N=[N+]=[N-]. The Hall–Kier alpha value is -3.82. The molecule has 0 rings (SSSR count). The fraction of sp³-hybridized carbons (Fsp3) is 0.750. The van der Waals surface area contributed by atoms with E-state index in [0.29, 0.717) is 0 Å². The molecule has 0 radical (unpaired) electrons. The van der Waals surface area contributed by atoms with E-state index in [4.69, 9.17) is 22.1 Å². The van der Waals surface area contributed by atoms with Crippen molar-refractivity contribution in [3.05, 3.63) is 41.8 Å². The molecule has 0 aliphatic heterocycles. The molecule has 16 nitrogen and oxygen atoms in total. The maximum absolute atomic E-state index is 11.5. The molecule has 0 heterocycles. The standard InChI is InChI=1S/C8H10N12O4/c9-17-13-3-1-5(15-19-11)23-7(21)8(22)24-6(16-20-12)2-4-14-18-10/h5-6H,1-4H2. The van der Waals surface area contributed by atoms with Gasteiger partial charge < -0.3 is 9.47 Å². The minimum atomic E-state index is -1.50. The molecule has 24 heavy (non-hydrogen) atoms. The number of nitrogens with zero attached hydrogens (tertiary/aromatic N) is 12. The first-order valence-corrected chi connectivity index (χ1v) is 6.10. The zero-order valence-corrected chi connectivity index (χ0v) is 12.0. The highest BCUT2D eigenvalue weighted by Gasteiger charge is 2.24. The van der Waals surface area contributed by atoms with Crippen LogP contribution in [0.2, 0.25) is 0 Å². The number of hydrogen-bond acceptors (Lipinski definition) is 8. The monoisotopic (exact) mass is 338 g/mol. The fourth-order valence-electron chi connectivity index (χ4n) is 1.16. The average molecular weight is 338 g/mol. The largest absolute Gasteiger partial charge is 0.448 e. The lowest BCUT2D eigenvalue weighted by Gasteiger charge is -2.13. The Labute approximate surface area is 132 Å². The van der Waals surface area contributed by atoms with Crippen LogP contribution < -0.4 is 0 Å². The van der Waals surface area contributed by atoms with Crippen molar-refractivity contribution in [1.82, 2.24) is 0 Å². The molecule has 0 aromatic carbocycles. The Morgan fingerprint density at radius 3 is 1.42 bits per heavy atom. The summed E-state index contributed by atoms with van der Waals surface area (Å²) >= 11 is 0. The van der Waals surface area contributed by atoms with Crippen molar-refractivity contribution in [3.63, 3.8) is 0 Å². The summed E-state index contributed by atoms with van der Waals surface area (Å²) in [5.41, 5.74) is 32.9. The Morgan fingerprint density at radius 1 is 0.750 bits per heavy atom. The van der Waals surface area contributed by atoms with Crippen molar-refractivity contribution in [2.75, 3.05) is 13.1 Å². The van der Waals surface area contributed by atoms with Crippen molar-refractivity contribution < 1.29 is 19.1 Å². The number of esters is 2. The van der Waals surface area contributed by atoms with E-state index in [1.54, 1.807) is 0 Å². The van der Waals surface area contributed by atoms with Crippen LogP contribution in [0.3, 0.4) is 0 Å². The number of ether oxygens (including phenoxy) is 2. The molecule has 126 valence electrons. The fourth-order valence-corrected chi connectivity index (χ4v) is 1.16.